The largest absolute Gasteiger partial charge is 0.394 e. The summed E-state index contributed by atoms with van der Waals surface area (Å²) in [6.45, 7) is 3.60. The third-order valence-electron chi connectivity index (χ3n) is 3.47. The molecular weight excluding hydrogens is 242 g/mol. The van der Waals surface area contributed by atoms with E-state index in [0.29, 0.717) is 26.2 Å². The Bertz CT molecular complexity index is 433. The maximum atomic E-state index is 12.2. The van der Waals surface area contributed by atoms with Crippen molar-refractivity contribution in [3.63, 3.8) is 0 Å². The van der Waals surface area contributed by atoms with Crippen LogP contribution in [0, 0.1) is 6.92 Å². The van der Waals surface area contributed by atoms with Crippen LogP contribution in [0.4, 0.5) is 0 Å². The van der Waals surface area contributed by atoms with Crippen LogP contribution >= 0.6 is 0 Å². The molecule has 0 aromatic heterocycles. The highest BCUT2D eigenvalue weighted by Crippen LogP contribution is 2.12. The average Bonchev–Trinajstić information content (AvgIpc) is 2.45. The lowest BCUT2D eigenvalue weighted by atomic mass is 10.1. The lowest BCUT2D eigenvalue weighted by Crippen LogP contribution is -2.50. The first-order chi connectivity index (χ1) is 9.20. The predicted octanol–water partition coefficient (Wildman–Crippen LogP) is 1.15. The van der Waals surface area contributed by atoms with Gasteiger partial charge in [0.25, 0.3) is 0 Å². The van der Waals surface area contributed by atoms with Crippen molar-refractivity contribution in [2.24, 2.45) is 0 Å². The maximum Gasteiger partial charge on any atom is 0.223 e. The molecule has 4 nitrogen and oxygen atoms in total. The van der Waals surface area contributed by atoms with Gasteiger partial charge in [-0.3, -0.25) is 4.79 Å². The van der Waals surface area contributed by atoms with E-state index in [2.05, 4.69) is 19.1 Å². The number of carbonyl (C=O) groups is 1. The van der Waals surface area contributed by atoms with Crippen molar-refractivity contribution in [3.05, 3.63) is 35.4 Å². The van der Waals surface area contributed by atoms with E-state index < -0.39 is 0 Å². The number of aliphatic hydroxyl groups excluding tert-OH is 1. The fourth-order valence-corrected chi connectivity index (χ4v) is 2.40. The first-order valence-corrected chi connectivity index (χ1v) is 6.74. The smallest absolute Gasteiger partial charge is 0.223 e. The molecule has 1 unspecified atom stereocenters. The zero-order chi connectivity index (χ0) is 13.7. The minimum Gasteiger partial charge on any atom is -0.394 e. The number of aliphatic hydroxyl groups is 1. The molecule has 1 amide bonds. The van der Waals surface area contributed by atoms with Crippen LogP contribution in [-0.4, -0.2) is 48.3 Å². The van der Waals surface area contributed by atoms with Gasteiger partial charge in [-0.25, -0.2) is 0 Å². The maximum absolute atomic E-state index is 12.2. The summed E-state index contributed by atoms with van der Waals surface area (Å²) in [4.78, 5) is 13.9. The zero-order valence-electron chi connectivity index (χ0n) is 11.3. The Morgan fingerprint density at radius 1 is 1.53 bits per heavy atom. The molecule has 0 radical (unpaired) electrons. The van der Waals surface area contributed by atoms with Crippen LogP contribution in [0.3, 0.4) is 0 Å². The molecule has 0 spiro atoms. The highest BCUT2D eigenvalue weighted by Gasteiger charge is 2.26. The van der Waals surface area contributed by atoms with Gasteiger partial charge in [0.1, 0.15) is 0 Å². The van der Waals surface area contributed by atoms with Crippen LogP contribution < -0.4 is 0 Å². The van der Waals surface area contributed by atoms with Crippen LogP contribution in [0.15, 0.2) is 24.3 Å². The standard InChI is InChI=1S/C15H21NO3/c1-12-3-2-4-13(9-12)5-6-15(18)16-7-8-19-11-14(16)10-17/h2-4,9,14,17H,5-8,10-11H2,1H3. The van der Waals surface area contributed by atoms with E-state index in [4.69, 9.17) is 4.74 Å². The van der Waals surface area contributed by atoms with E-state index in [1.54, 1.807) is 4.90 Å². The fraction of sp³-hybridized carbons (Fsp3) is 0.533. The highest BCUT2D eigenvalue weighted by atomic mass is 16.5. The number of rotatable bonds is 4. The molecule has 1 saturated heterocycles. The van der Waals surface area contributed by atoms with Gasteiger partial charge in [-0.1, -0.05) is 29.8 Å². The van der Waals surface area contributed by atoms with Crippen LogP contribution in [0.25, 0.3) is 0 Å². The number of morpholine rings is 1. The molecule has 1 aliphatic rings. The van der Waals surface area contributed by atoms with Gasteiger partial charge in [-0.2, -0.15) is 0 Å². The molecule has 0 bridgehead atoms. The van der Waals surface area contributed by atoms with Crippen molar-refractivity contribution in [2.45, 2.75) is 25.8 Å². The topological polar surface area (TPSA) is 49.8 Å². The predicted molar refractivity (Wildman–Crippen MR) is 72.9 cm³/mol. The zero-order valence-corrected chi connectivity index (χ0v) is 11.3. The van der Waals surface area contributed by atoms with Gasteiger partial charge in [0.15, 0.2) is 0 Å². The first kappa shape index (κ1) is 14.0. The van der Waals surface area contributed by atoms with Crippen molar-refractivity contribution in [1.82, 2.24) is 4.90 Å². The van der Waals surface area contributed by atoms with Crippen molar-refractivity contribution in [2.75, 3.05) is 26.4 Å². The molecule has 1 aromatic carbocycles. The van der Waals surface area contributed by atoms with Crippen LogP contribution in [0.2, 0.25) is 0 Å². The summed E-state index contributed by atoms with van der Waals surface area (Å²) in [6, 6.07) is 8.04. The molecular formula is C15H21NO3. The average molecular weight is 263 g/mol. The van der Waals surface area contributed by atoms with E-state index in [9.17, 15) is 9.90 Å². The number of amides is 1. The Hall–Kier alpha value is -1.39. The Morgan fingerprint density at radius 3 is 3.11 bits per heavy atom. The van der Waals surface area contributed by atoms with Gasteiger partial charge in [-0.05, 0) is 18.9 Å². The van der Waals surface area contributed by atoms with Crippen molar-refractivity contribution >= 4 is 5.91 Å². The van der Waals surface area contributed by atoms with Crippen molar-refractivity contribution < 1.29 is 14.6 Å². The first-order valence-electron chi connectivity index (χ1n) is 6.74. The Labute approximate surface area is 114 Å². The van der Waals surface area contributed by atoms with E-state index in [-0.39, 0.29) is 18.6 Å². The van der Waals surface area contributed by atoms with E-state index >= 15 is 0 Å². The van der Waals surface area contributed by atoms with Crippen LogP contribution in [0.5, 0.6) is 0 Å². The molecule has 1 heterocycles. The lowest BCUT2D eigenvalue weighted by molar-refractivity contribution is -0.141. The molecule has 0 aliphatic carbocycles. The molecule has 2 rings (SSSR count). The summed E-state index contributed by atoms with van der Waals surface area (Å²) in [5, 5.41) is 9.26. The summed E-state index contributed by atoms with van der Waals surface area (Å²) in [5.74, 6) is 0.101. The van der Waals surface area contributed by atoms with Crippen molar-refractivity contribution in [1.29, 1.82) is 0 Å². The van der Waals surface area contributed by atoms with Gasteiger partial charge in [0.2, 0.25) is 5.91 Å². The molecule has 4 heteroatoms. The molecule has 1 atom stereocenters. The lowest BCUT2D eigenvalue weighted by Gasteiger charge is -2.34. The van der Waals surface area contributed by atoms with Gasteiger partial charge < -0.3 is 14.7 Å². The molecule has 0 saturated carbocycles. The summed E-state index contributed by atoms with van der Waals surface area (Å²) >= 11 is 0. The monoisotopic (exact) mass is 263 g/mol. The van der Waals surface area contributed by atoms with Gasteiger partial charge >= 0.3 is 0 Å². The second kappa shape index (κ2) is 6.68. The molecule has 104 valence electrons. The van der Waals surface area contributed by atoms with Crippen LogP contribution in [0.1, 0.15) is 17.5 Å². The van der Waals surface area contributed by atoms with Crippen LogP contribution in [-0.2, 0) is 16.0 Å². The second-order valence-electron chi connectivity index (χ2n) is 4.99. The van der Waals surface area contributed by atoms with E-state index in [0.717, 1.165) is 6.42 Å². The van der Waals surface area contributed by atoms with E-state index in [1.165, 1.54) is 11.1 Å². The number of hydrogen-bond donors (Lipinski definition) is 1. The minimum absolute atomic E-state index is 0.0316. The summed E-state index contributed by atoms with van der Waals surface area (Å²) in [7, 11) is 0. The normalized spacial score (nSPS) is 19.5. The molecule has 1 aromatic rings. The summed E-state index contributed by atoms with van der Waals surface area (Å²) in [5.41, 5.74) is 2.40. The molecule has 1 aliphatic heterocycles. The Morgan fingerprint density at radius 2 is 2.37 bits per heavy atom. The number of ether oxygens (including phenoxy) is 1. The number of aryl methyl sites for hydroxylation is 2. The van der Waals surface area contributed by atoms with Gasteiger partial charge in [0, 0.05) is 13.0 Å². The minimum atomic E-state index is -0.182. The molecule has 19 heavy (non-hydrogen) atoms. The number of carbonyl (C=O) groups excluding carboxylic acids is 1. The van der Waals surface area contributed by atoms with E-state index in [1.807, 2.05) is 12.1 Å². The number of nitrogens with zero attached hydrogens (tertiary/aromatic N) is 1. The molecule has 1 fully saturated rings. The Kier molecular flexibility index (Phi) is 4.93. The number of benzene rings is 1. The number of hydrogen-bond acceptors (Lipinski definition) is 3. The second-order valence-corrected chi connectivity index (χ2v) is 4.99. The highest BCUT2D eigenvalue weighted by molar-refractivity contribution is 5.77. The third-order valence-corrected chi connectivity index (χ3v) is 3.47. The van der Waals surface area contributed by atoms with Gasteiger partial charge in [0.05, 0.1) is 25.9 Å². The third kappa shape index (κ3) is 3.78. The summed E-state index contributed by atoms with van der Waals surface area (Å²) < 4.78 is 5.28. The fourth-order valence-electron chi connectivity index (χ4n) is 2.40. The quantitative estimate of drug-likeness (QED) is 0.886. The summed E-state index contributed by atoms with van der Waals surface area (Å²) in [6.07, 6.45) is 1.23. The Balaban J connectivity index is 1.89. The molecule has 1 N–H and O–H groups in total. The van der Waals surface area contributed by atoms with Gasteiger partial charge in [-0.15, -0.1) is 0 Å². The SMILES string of the molecule is Cc1cccc(CCC(=O)N2CCOCC2CO)c1. The van der Waals surface area contributed by atoms with Crippen molar-refractivity contribution in [3.8, 4) is 0 Å².